The van der Waals surface area contributed by atoms with Crippen LogP contribution in [0, 0.1) is 6.57 Å². The molecule has 8 heteroatoms. The molecule has 0 unspecified atom stereocenters. The highest BCUT2D eigenvalue weighted by Crippen LogP contribution is 2.30. The van der Waals surface area contributed by atoms with E-state index in [4.69, 9.17) is 22.9 Å². The van der Waals surface area contributed by atoms with Crippen LogP contribution in [0.5, 0.6) is 5.75 Å². The third-order valence-electron chi connectivity index (χ3n) is 4.62. The van der Waals surface area contributed by atoms with Crippen molar-refractivity contribution in [2.24, 2.45) is 0 Å². The van der Waals surface area contributed by atoms with Gasteiger partial charge in [-0.25, -0.2) is 4.85 Å². The largest absolute Gasteiger partial charge is 0.495 e. The van der Waals surface area contributed by atoms with Crippen LogP contribution >= 0.6 is 24.0 Å². The third-order valence-corrected chi connectivity index (χ3v) is 4.91. The highest BCUT2D eigenvalue weighted by molar-refractivity contribution is 6.32. The Balaban J connectivity index is 0.00000320. The van der Waals surface area contributed by atoms with Crippen molar-refractivity contribution >= 4 is 46.3 Å². The van der Waals surface area contributed by atoms with Gasteiger partial charge in [0.15, 0.2) is 11.5 Å². The highest BCUT2D eigenvalue weighted by atomic mass is 35.5. The summed E-state index contributed by atoms with van der Waals surface area (Å²) in [5, 5.41) is 24.4. The Bertz CT molecular complexity index is 1080. The topological polar surface area (TPSA) is 71.6 Å². The van der Waals surface area contributed by atoms with Gasteiger partial charge in [0.25, 0.3) is 0 Å². The van der Waals surface area contributed by atoms with Gasteiger partial charge in [-0.15, -0.1) is 17.5 Å². The molecular weight excluding hydrogens is 423 g/mol. The molecule has 158 valence electrons. The Kier molecular flexibility index (Phi) is 7.85. The van der Waals surface area contributed by atoms with Crippen LogP contribution in [0.4, 0.5) is 11.5 Å². The molecule has 0 amide bonds. The number of rotatable bonds is 7. The number of nitrogens with one attached hydrogen (secondary N) is 1. The summed E-state index contributed by atoms with van der Waals surface area (Å²) < 4.78 is 5.19. The molecule has 2 N–H and O–H groups in total. The van der Waals surface area contributed by atoms with Gasteiger partial charge in [-0.2, -0.15) is 5.10 Å². The third kappa shape index (κ3) is 5.73. The number of ether oxygens (including phenoxy) is 1. The molecule has 0 spiro atoms. The second kappa shape index (κ2) is 9.94. The zero-order valence-electron chi connectivity index (χ0n) is 17.1. The normalized spacial score (nSPS) is 10.9. The number of aromatic nitrogens is 2. The van der Waals surface area contributed by atoms with Crippen molar-refractivity contribution in [2.45, 2.75) is 38.8 Å². The van der Waals surface area contributed by atoms with E-state index in [0.29, 0.717) is 41.7 Å². The highest BCUT2D eigenvalue weighted by Gasteiger charge is 2.16. The molecule has 3 aromatic rings. The van der Waals surface area contributed by atoms with Crippen LogP contribution in [0.3, 0.4) is 0 Å². The fourth-order valence-corrected chi connectivity index (χ4v) is 3.29. The summed E-state index contributed by atoms with van der Waals surface area (Å²) in [4.78, 5) is 3.53. The Hall–Kier alpha value is -2.59. The molecule has 6 nitrogen and oxygen atoms in total. The van der Waals surface area contributed by atoms with E-state index in [1.807, 2.05) is 30.3 Å². The molecule has 2 aromatic carbocycles. The van der Waals surface area contributed by atoms with Gasteiger partial charge in [-0.1, -0.05) is 29.8 Å². The maximum absolute atomic E-state index is 10.0. The molecule has 0 aliphatic heterocycles. The van der Waals surface area contributed by atoms with Crippen LogP contribution in [-0.4, -0.2) is 28.0 Å². The molecule has 0 atom stereocenters. The van der Waals surface area contributed by atoms with Crippen LogP contribution in [0.2, 0.25) is 5.02 Å². The van der Waals surface area contributed by atoms with Gasteiger partial charge in [0.1, 0.15) is 5.75 Å². The van der Waals surface area contributed by atoms with Crippen LogP contribution < -0.4 is 10.1 Å². The van der Waals surface area contributed by atoms with Gasteiger partial charge < -0.3 is 15.2 Å². The van der Waals surface area contributed by atoms with Gasteiger partial charge in [-0.3, -0.25) is 0 Å². The maximum Gasteiger partial charge on any atom is 0.188 e. The van der Waals surface area contributed by atoms with Crippen molar-refractivity contribution in [3.8, 4) is 5.75 Å². The Morgan fingerprint density at radius 3 is 2.57 bits per heavy atom. The second-order valence-electron chi connectivity index (χ2n) is 7.47. The van der Waals surface area contributed by atoms with Crippen molar-refractivity contribution < 1.29 is 9.84 Å². The van der Waals surface area contributed by atoms with Crippen LogP contribution in [-0.2, 0) is 13.0 Å². The quantitative estimate of drug-likeness (QED) is 0.463. The van der Waals surface area contributed by atoms with E-state index >= 15 is 0 Å². The summed E-state index contributed by atoms with van der Waals surface area (Å²) in [5.74, 6) is 1.22. The molecule has 0 aliphatic rings. The molecule has 0 saturated carbocycles. The first kappa shape index (κ1) is 23.7. The van der Waals surface area contributed by atoms with E-state index in [1.165, 1.54) is 0 Å². The number of benzene rings is 2. The van der Waals surface area contributed by atoms with Gasteiger partial charge in [0.2, 0.25) is 0 Å². The number of nitrogens with zero attached hydrogens (tertiary/aromatic N) is 3. The van der Waals surface area contributed by atoms with E-state index in [9.17, 15) is 5.11 Å². The minimum absolute atomic E-state index is 0. The first-order valence-corrected chi connectivity index (χ1v) is 9.64. The molecule has 1 aromatic heterocycles. The van der Waals surface area contributed by atoms with Crippen molar-refractivity contribution in [1.29, 1.82) is 0 Å². The summed E-state index contributed by atoms with van der Waals surface area (Å²) in [6.07, 6.45) is 1.16. The summed E-state index contributed by atoms with van der Waals surface area (Å²) in [6, 6.07) is 11.1. The molecule has 0 saturated heterocycles. The second-order valence-corrected chi connectivity index (χ2v) is 7.88. The summed E-state index contributed by atoms with van der Waals surface area (Å²) in [5.41, 5.74) is 1.53. The molecule has 0 radical (unpaired) electrons. The van der Waals surface area contributed by atoms with Gasteiger partial charge >= 0.3 is 0 Å². The zero-order chi connectivity index (χ0) is 21.0. The fraction of sp³-hybridized carbons (Fsp3) is 0.318. The van der Waals surface area contributed by atoms with E-state index < -0.39 is 5.60 Å². The fourth-order valence-electron chi connectivity index (χ4n) is 3.01. The minimum atomic E-state index is -0.783. The van der Waals surface area contributed by atoms with Crippen molar-refractivity contribution in [2.75, 3.05) is 12.4 Å². The van der Waals surface area contributed by atoms with Crippen molar-refractivity contribution in [3.63, 3.8) is 0 Å². The minimum Gasteiger partial charge on any atom is -0.495 e. The molecule has 30 heavy (non-hydrogen) atoms. The van der Waals surface area contributed by atoms with Crippen LogP contribution in [0.15, 0.2) is 36.4 Å². The Morgan fingerprint density at radius 1 is 1.17 bits per heavy atom. The van der Waals surface area contributed by atoms with Crippen molar-refractivity contribution in [1.82, 2.24) is 10.2 Å². The molecule has 0 fully saturated rings. The number of hydrogen-bond donors (Lipinski definition) is 2. The lowest BCUT2D eigenvalue weighted by atomic mass is 9.99. The lowest BCUT2D eigenvalue weighted by Crippen LogP contribution is -2.19. The number of aliphatic hydroxyl groups is 1. The maximum atomic E-state index is 10.0. The van der Waals surface area contributed by atoms with Crippen LogP contribution in [0.25, 0.3) is 15.6 Å². The lowest BCUT2D eigenvalue weighted by Gasteiger charge is -2.17. The molecule has 0 bridgehead atoms. The molecule has 3 rings (SSSR count). The number of methoxy groups -OCH3 is 1. The van der Waals surface area contributed by atoms with E-state index in [0.717, 1.165) is 22.0 Å². The summed E-state index contributed by atoms with van der Waals surface area (Å²) in [6.45, 7) is 11.4. The van der Waals surface area contributed by atoms with Gasteiger partial charge in [-0.05, 0) is 50.5 Å². The average Bonchev–Trinajstić information content (AvgIpc) is 2.70. The van der Waals surface area contributed by atoms with E-state index in [2.05, 4.69) is 20.4 Å². The predicted octanol–water partition coefficient (Wildman–Crippen LogP) is 5.58. The zero-order valence-corrected chi connectivity index (χ0v) is 18.6. The van der Waals surface area contributed by atoms with E-state index in [1.54, 1.807) is 27.0 Å². The number of anilines is 1. The lowest BCUT2D eigenvalue weighted by molar-refractivity contribution is 0.0712. The Labute approximate surface area is 187 Å². The molecule has 1 heterocycles. The molecule has 0 aliphatic carbocycles. The number of aryl methyl sites for hydroxylation is 1. The Morgan fingerprint density at radius 2 is 1.93 bits per heavy atom. The monoisotopic (exact) mass is 446 g/mol. The number of fused-ring (bicyclic) bond motifs is 1. The SMILES string of the molecule is Cl.[C-]#[N+]c1ccc2c(CCC(C)(C)O)nnc(NCc3ccc(OC)c(Cl)c3)c2c1. The van der Waals surface area contributed by atoms with Gasteiger partial charge in [0, 0.05) is 17.3 Å². The smallest absolute Gasteiger partial charge is 0.188 e. The number of hydrogen-bond acceptors (Lipinski definition) is 5. The molecular formula is C22H24Cl2N4O2. The average molecular weight is 447 g/mol. The van der Waals surface area contributed by atoms with E-state index in [-0.39, 0.29) is 12.4 Å². The first-order chi connectivity index (χ1) is 13.8. The summed E-state index contributed by atoms with van der Waals surface area (Å²) in [7, 11) is 1.58. The van der Waals surface area contributed by atoms with Gasteiger partial charge in [0.05, 0.1) is 30.0 Å². The summed E-state index contributed by atoms with van der Waals surface area (Å²) >= 11 is 6.20. The first-order valence-electron chi connectivity index (χ1n) is 9.26. The number of halogens is 2. The predicted molar refractivity (Wildman–Crippen MR) is 123 cm³/mol. The van der Waals surface area contributed by atoms with Crippen molar-refractivity contribution in [3.05, 3.63) is 64.1 Å². The van der Waals surface area contributed by atoms with Crippen LogP contribution in [0.1, 0.15) is 31.5 Å². The standard InChI is InChI=1S/C22H23ClN4O2.ClH/c1-22(2,28)10-9-19-16-7-6-15(24-3)12-17(16)21(27-26-19)25-13-14-5-8-20(29-4)18(23)11-14;/h5-8,11-12,28H,9-10,13H2,1-2,4H3,(H,25,27);1H.